The van der Waals surface area contributed by atoms with Crippen LogP contribution in [0.5, 0.6) is 0 Å². The number of hydrogen-bond acceptors (Lipinski definition) is 0. The van der Waals surface area contributed by atoms with Crippen LogP contribution in [0.25, 0.3) is 0 Å². The molecule has 0 nitrogen and oxygen atoms in total. The summed E-state index contributed by atoms with van der Waals surface area (Å²) in [5.41, 5.74) is 0. The third-order valence-corrected chi connectivity index (χ3v) is 2.77. The molecule has 1 heteroatoms. The molecule has 0 rings (SSSR count). The lowest BCUT2D eigenvalue weighted by atomic mass is 9.71. The summed E-state index contributed by atoms with van der Waals surface area (Å²) in [6, 6.07) is 0. The van der Waals surface area contributed by atoms with Crippen molar-refractivity contribution in [2.75, 3.05) is 0 Å². The minimum atomic E-state index is 0.940. The second-order valence-corrected chi connectivity index (χ2v) is 3.72. The molecule has 11 heavy (non-hydrogen) atoms. The van der Waals surface area contributed by atoms with Crippen LogP contribution in [0, 0.1) is 5.92 Å². The van der Waals surface area contributed by atoms with E-state index in [9.17, 15) is 0 Å². The minimum Gasteiger partial charge on any atom is -0.0672 e. The van der Waals surface area contributed by atoms with Gasteiger partial charge in [0.25, 0.3) is 0 Å². The van der Waals surface area contributed by atoms with Crippen LogP contribution in [-0.2, 0) is 0 Å². The van der Waals surface area contributed by atoms with Crippen molar-refractivity contribution in [2.24, 2.45) is 5.92 Å². The summed E-state index contributed by atoms with van der Waals surface area (Å²) in [4.78, 5) is 0. The Labute approximate surface area is 73.2 Å². The van der Waals surface area contributed by atoms with E-state index in [1.54, 1.807) is 0 Å². The number of hydrogen-bond donors (Lipinski definition) is 0. The van der Waals surface area contributed by atoms with Gasteiger partial charge >= 0.3 is 0 Å². The first-order chi connectivity index (χ1) is 5.26. The fraction of sp³-hybridized carbons (Fsp3) is 1.00. The van der Waals surface area contributed by atoms with Crippen molar-refractivity contribution in [2.45, 2.75) is 58.7 Å². The van der Waals surface area contributed by atoms with Crippen molar-refractivity contribution in [3.63, 3.8) is 0 Å². The van der Waals surface area contributed by atoms with E-state index in [-0.39, 0.29) is 0 Å². The maximum atomic E-state index is 2.40. The highest BCUT2D eigenvalue weighted by Crippen LogP contribution is 2.27. The average molecular weight is 154 g/mol. The Balaban J connectivity index is 3.66. The molecule has 0 radical (unpaired) electrons. The molecule has 1 unspecified atom stereocenters. The van der Waals surface area contributed by atoms with Crippen LogP contribution in [0.3, 0.4) is 0 Å². The zero-order valence-corrected chi connectivity index (χ0v) is 8.69. The lowest BCUT2D eigenvalue weighted by molar-refractivity contribution is 0.407. The van der Waals surface area contributed by atoms with Crippen LogP contribution < -0.4 is 0 Å². The Kier molecular flexibility index (Phi) is 6.80. The predicted molar refractivity (Wildman–Crippen MR) is 55.9 cm³/mol. The first-order valence-corrected chi connectivity index (χ1v) is 5.26. The quantitative estimate of drug-likeness (QED) is 0.516. The summed E-state index contributed by atoms with van der Waals surface area (Å²) in [7, 11) is 2.40. The molecule has 0 heterocycles. The monoisotopic (exact) mass is 154 g/mol. The van der Waals surface area contributed by atoms with E-state index in [0.717, 1.165) is 11.7 Å². The van der Waals surface area contributed by atoms with E-state index in [1.807, 2.05) is 0 Å². The smallest absolute Gasteiger partial charge is 0.0672 e. The largest absolute Gasteiger partial charge is 0.105 e. The summed E-state index contributed by atoms with van der Waals surface area (Å²) in [6.45, 7) is 6.90. The summed E-state index contributed by atoms with van der Waals surface area (Å²) in [6.07, 6.45) is 6.93. The van der Waals surface area contributed by atoms with Crippen molar-refractivity contribution in [1.29, 1.82) is 0 Å². The zero-order valence-electron chi connectivity index (χ0n) is 8.69. The molecule has 0 aromatic rings. The molecule has 0 aliphatic carbocycles. The molecule has 0 saturated carbocycles. The second kappa shape index (κ2) is 6.76. The molecule has 0 aliphatic rings. The molecule has 0 saturated heterocycles. The minimum absolute atomic E-state index is 0.940. The Morgan fingerprint density at radius 3 is 1.73 bits per heavy atom. The first-order valence-electron chi connectivity index (χ1n) is 5.26. The van der Waals surface area contributed by atoms with Gasteiger partial charge in [0.2, 0.25) is 0 Å². The van der Waals surface area contributed by atoms with E-state index in [1.165, 1.54) is 32.1 Å². The van der Waals surface area contributed by atoms with E-state index in [4.69, 9.17) is 0 Å². The molecular weight excluding hydrogens is 131 g/mol. The van der Waals surface area contributed by atoms with E-state index >= 15 is 0 Å². The van der Waals surface area contributed by atoms with Crippen LogP contribution in [0.1, 0.15) is 52.9 Å². The molecule has 0 bridgehead atoms. The normalized spacial score (nSPS) is 13.8. The molecule has 0 fully saturated rings. The van der Waals surface area contributed by atoms with Gasteiger partial charge in [-0.2, -0.15) is 0 Å². The van der Waals surface area contributed by atoms with Gasteiger partial charge in [0.15, 0.2) is 0 Å². The molecular formula is C10H23B. The molecule has 1 atom stereocenters. The van der Waals surface area contributed by atoms with Crippen LogP contribution in [0.4, 0.5) is 0 Å². The van der Waals surface area contributed by atoms with Gasteiger partial charge in [0.1, 0.15) is 7.85 Å². The van der Waals surface area contributed by atoms with E-state index in [2.05, 4.69) is 28.6 Å². The Morgan fingerprint density at radius 2 is 1.45 bits per heavy atom. The van der Waals surface area contributed by atoms with Gasteiger partial charge < -0.3 is 0 Å². The van der Waals surface area contributed by atoms with Crippen LogP contribution in [0.2, 0.25) is 5.82 Å². The summed E-state index contributed by atoms with van der Waals surface area (Å²) in [5.74, 6) is 1.94. The first kappa shape index (κ1) is 11.1. The molecule has 66 valence electrons. The maximum Gasteiger partial charge on any atom is 0.105 e. The van der Waals surface area contributed by atoms with Crippen LogP contribution >= 0.6 is 0 Å². The summed E-state index contributed by atoms with van der Waals surface area (Å²) >= 11 is 0. The van der Waals surface area contributed by atoms with Crippen LogP contribution in [0.15, 0.2) is 0 Å². The fourth-order valence-corrected chi connectivity index (χ4v) is 1.79. The van der Waals surface area contributed by atoms with Crippen LogP contribution in [-0.4, -0.2) is 7.85 Å². The van der Waals surface area contributed by atoms with Gasteiger partial charge in [0, 0.05) is 0 Å². The van der Waals surface area contributed by atoms with E-state index in [0.29, 0.717) is 0 Å². The highest BCUT2D eigenvalue weighted by molar-refractivity contribution is 6.11. The molecule has 0 spiro atoms. The van der Waals surface area contributed by atoms with Gasteiger partial charge in [0.05, 0.1) is 0 Å². The number of rotatable bonds is 6. The fourth-order valence-electron chi connectivity index (χ4n) is 1.79. The molecule has 0 aromatic carbocycles. The topological polar surface area (TPSA) is 0 Å². The van der Waals surface area contributed by atoms with E-state index < -0.39 is 0 Å². The highest BCUT2D eigenvalue weighted by atomic mass is 14.1. The third kappa shape index (κ3) is 4.50. The molecule has 0 N–H and O–H groups in total. The van der Waals surface area contributed by atoms with Crippen molar-refractivity contribution >= 4 is 7.85 Å². The van der Waals surface area contributed by atoms with Gasteiger partial charge in [-0.25, -0.2) is 0 Å². The highest BCUT2D eigenvalue weighted by Gasteiger charge is 2.12. The van der Waals surface area contributed by atoms with Crippen molar-refractivity contribution in [1.82, 2.24) is 0 Å². The lowest BCUT2D eigenvalue weighted by Crippen LogP contribution is -2.08. The SMILES string of the molecule is BC(CC)C(CCC)CCC. The third-order valence-electron chi connectivity index (χ3n) is 2.77. The maximum absolute atomic E-state index is 2.40. The molecule has 0 amide bonds. The predicted octanol–water partition coefficient (Wildman–Crippen LogP) is 3.03. The molecule has 0 aromatic heterocycles. The Morgan fingerprint density at radius 1 is 1.00 bits per heavy atom. The Hall–Kier alpha value is 0.0649. The summed E-state index contributed by atoms with van der Waals surface area (Å²) in [5, 5.41) is 0. The standard InChI is InChI=1S/C10H23B/c1-4-7-9(8-5-2)10(11)6-3/h9-10H,4-8,11H2,1-3H3. The molecule has 0 aliphatic heterocycles. The average Bonchev–Trinajstić information content (AvgIpc) is 2.03. The van der Waals surface area contributed by atoms with Gasteiger partial charge in [-0.1, -0.05) is 58.7 Å². The van der Waals surface area contributed by atoms with Crippen molar-refractivity contribution in [3.8, 4) is 0 Å². The van der Waals surface area contributed by atoms with Crippen molar-refractivity contribution in [3.05, 3.63) is 0 Å². The van der Waals surface area contributed by atoms with Gasteiger partial charge in [-0.3, -0.25) is 0 Å². The summed E-state index contributed by atoms with van der Waals surface area (Å²) < 4.78 is 0. The second-order valence-electron chi connectivity index (χ2n) is 3.72. The van der Waals surface area contributed by atoms with Gasteiger partial charge in [-0.05, 0) is 5.92 Å². The Bertz CT molecular complexity index is 74.9. The zero-order chi connectivity index (χ0) is 8.69. The van der Waals surface area contributed by atoms with Crippen molar-refractivity contribution < 1.29 is 0 Å². The lowest BCUT2D eigenvalue weighted by Gasteiger charge is -2.21. The van der Waals surface area contributed by atoms with Gasteiger partial charge in [-0.15, -0.1) is 0 Å².